The minimum absolute atomic E-state index is 0.198. The number of benzene rings is 2. The molecule has 256 valence electrons. The zero-order chi connectivity index (χ0) is 32.8. The highest BCUT2D eigenvalue weighted by Gasteiger charge is 2.48. The van der Waals surface area contributed by atoms with Crippen LogP contribution in [0, 0.1) is 5.92 Å². The van der Waals surface area contributed by atoms with Gasteiger partial charge in [0.05, 0.1) is 6.04 Å². The molecule has 0 radical (unpaired) electrons. The first-order valence-electron chi connectivity index (χ1n) is 18.6. The first-order chi connectivity index (χ1) is 22.9. The lowest BCUT2D eigenvalue weighted by atomic mass is 9.89. The maximum atomic E-state index is 14.6. The Kier molecular flexibility index (Phi) is 11.8. The summed E-state index contributed by atoms with van der Waals surface area (Å²) in [5.74, 6) is 0.765. The molecule has 1 saturated carbocycles. The van der Waals surface area contributed by atoms with Crippen molar-refractivity contribution >= 4 is 23.5 Å². The second kappa shape index (κ2) is 16.2. The van der Waals surface area contributed by atoms with Crippen LogP contribution in [0.2, 0.25) is 5.02 Å². The molecule has 4 aliphatic rings. The largest absolute Gasteiger partial charge is 0.335 e. The molecule has 3 amide bonds. The summed E-state index contributed by atoms with van der Waals surface area (Å²) >= 11 is 6.23. The third-order valence-electron chi connectivity index (χ3n) is 11.5. The van der Waals surface area contributed by atoms with E-state index in [-0.39, 0.29) is 36.1 Å². The van der Waals surface area contributed by atoms with Gasteiger partial charge < -0.3 is 20.0 Å². The van der Waals surface area contributed by atoms with Gasteiger partial charge in [0.15, 0.2) is 0 Å². The molecule has 3 saturated heterocycles. The van der Waals surface area contributed by atoms with Crippen molar-refractivity contribution in [1.29, 1.82) is 0 Å². The number of rotatable bonds is 12. The first-order valence-corrected chi connectivity index (χ1v) is 18.9. The van der Waals surface area contributed by atoms with Crippen molar-refractivity contribution < 1.29 is 9.59 Å². The molecule has 7 nitrogen and oxygen atoms in total. The summed E-state index contributed by atoms with van der Waals surface area (Å²) in [7, 11) is 0. The van der Waals surface area contributed by atoms with Crippen LogP contribution in [0.15, 0.2) is 54.6 Å². The van der Waals surface area contributed by atoms with Gasteiger partial charge in [0.1, 0.15) is 0 Å². The van der Waals surface area contributed by atoms with Crippen molar-refractivity contribution in [2.45, 2.75) is 121 Å². The van der Waals surface area contributed by atoms with E-state index in [4.69, 9.17) is 11.6 Å². The standard InChI is InChI=1S/C39H56ClN5O2/c1-3-43(4-2)39(47)45(33-13-9-6-10-14-33)36-24-34-19-20-35(25-36)44(34)38(46)37(23-29-15-17-32(40)18-16-29)41-26-31-21-22-42(28-31)27-30-11-7-5-8-12-30/h5,7-8,11-12,15-18,31,33-37,41H,3-4,6,9-10,13-14,19-28H2,1-2H3/t31?,34?,35?,36?,37-/m1/s1. The van der Waals surface area contributed by atoms with E-state index in [0.29, 0.717) is 18.4 Å². The SMILES string of the molecule is CCN(CC)C(=O)N(C1CCCCC1)C1CC2CCC(C1)N2C(=O)[C@@H](Cc1ccc(Cl)cc1)NCC1CCN(Cc2ccccc2)C1. The quantitative estimate of drug-likeness (QED) is 0.267. The molecule has 3 unspecified atom stereocenters. The number of urea groups is 1. The molecule has 2 aromatic rings. The molecule has 0 aromatic heterocycles. The van der Waals surface area contributed by atoms with Crippen LogP contribution in [0.3, 0.4) is 0 Å². The van der Waals surface area contributed by atoms with E-state index in [1.54, 1.807) is 0 Å². The number of hydrogen-bond acceptors (Lipinski definition) is 4. The molecular weight excluding hydrogens is 606 g/mol. The fourth-order valence-electron chi connectivity index (χ4n) is 9.02. The Morgan fingerprint density at radius 2 is 1.53 bits per heavy atom. The summed E-state index contributed by atoms with van der Waals surface area (Å²) in [6.45, 7) is 9.64. The number of nitrogens with zero attached hydrogens (tertiary/aromatic N) is 4. The maximum absolute atomic E-state index is 14.6. The van der Waals surface area contributed by atoms with Gasteiger partial charge >= 0.3 is 6.03 Å². The molecule has 1 aliphatic carbocycles. The van der Waals surface area contributed by atoms with Crippen molar-refractivity contribution in [3.8, 4) is 0 Å². The Balaban J connectivity index is 1.14. The Morgan fingerprint density at radius 3 is 2.19 bits per heavy atom. The zero-order valence-corrected chi connectivity index (χ0v) is 29.4. The Morgan fingerprint density at radius 1 is 0.851 bits per heavy atom. The summed E-state index contributed by atoms with van der Waals surface area (Å²) in [5, 5.41) is 4.51. The lowest BCUT2D eigenvalue weighted by Crippen LogP contribution is -2.61. The number of amides is 3. The molecule has 4 atom stereocenters. The maximum Gasteiger partial charge on any atom is 0.320 e. The topological polar surface area (TPSA) is 59.1 Å². The lowest BCUT2D eigenvalue weighted by molar-refractivity contribution is -0.139. The van der Waals surface area contributed by atoms with Crippen molar-refractivity contribution in [3.05, 3.63) is 70.7 Å². The predicted octanol–water partition coefficient (Wildman–Crippen LogP) is 6.98. The van der Waals surface area contributed by atoms with E-state index in [2.05, 4.69) is 76.3 Å². The molecule has 3 heterocycles. The van der Waals surface area contributed by atoms with Crippen molar-refractivity contribution in [1.82, 2.24) is 24.9 Å². The molecule has 0 spiro atoms. The van der Waals surface area contributed by atoms with Crippen molar-refractivity contribution in [2.75, 3.05) is 32.7 Å². The molecule has 1 N–H and O–H groups in total. The number of halogens is 1. The highest BCUT2D eigenvalue weighted by Crippen LogP contribution is 2.40. The highest BCUT2D eigenvalue weighted by molar-refractivity contribution is 6.30. The van der Waals surface area contributed by atoms with Gasteiger partial charge in [-0.1, -0.05) is 73.3 Å². The first kappa shape index (κ1) is 34.3. The van der Waals surface area contributed by atoms with Gasteiger partial charge in [-0.3, -0.25) is 9.69 Å². The minimum atomic E-state index is -0.272. The number of hydrogen-bond donors (Lipinski definition) is 1. The monoisotopic (exact) mass is 661 g/mol. The number of nitrogens with one attached hydrogen (secondary N) is 1. The summed E-state index contributed by atoms with van der Waals surface area (Å²) in [4.78, 5) is 37.7. The number of carbonyl (C=O) groups excluding carboxylic acids is 2. The second-order valence-corrected chi connectivity index (χ2v) is 15.0. The normalized spacial score (nSPS) is 25.6. The zero-order valence-electron chi connectivity index (χ0n) is 28.7. The van der Waals surface area contributed by atoms with E-state index in [1.807, 2.05) is 17.0 Å². The van der Waals surface area contributed by atoms with Crippen molar-refractivity contribution in [3.63, 3.8) is 0 Å². The molecule has 6 rings (SSSR count). The molecular formula is C39H56ClN5O2. The summed E-state index contributed by atoms with van der Waals surface area (Å²) < 4.78 is 0. The molecule has 3 aliphatic heterocycles. The van der Waals surface area contributed by atoms with Gasteiger partial charge in [-0.05, 0) is 107 Å². The fraction of sp³-hybridized carbons (Fsp3) is 0.641. The van der Waals surface area contributed by atoms with E-state index < -0.39 is 0 Å². The lowest BCUT2D eigenvalue weighted by Gasteiger charge is -2.48. The van der Waals surface area contributed by atoms with Crippen molar-refractivity contribution in [2.24, 2.45) is 5.92 Å². The van der Waals surface area contributed by atoms with Gasteiger partial charge in [-0.2, -0.15) is 0 Å². The van der Waals surface area contributed by atoms with Crippen LogP contribution in [0.5, 0.6) is 0 Å². The Labute approximate surface area is 288 Å². The van der Waals surface area contributed by atoms with Gasteiger partial charge in [0.25, 0.3) is 0 Å². The summed E-state index contributed by atoms with van der Waals surface area (Å²) in [6.07, 6.45) is 11.6. The van der Waals surface area contributed by atoms with E-state index in [9.17, 15) is 9.59 Å². The van der Waals surface area contributed by atoms with Crippen LogP contribution in [-0.2, 0) is 17.8 Å². The Bertz CT molecular complexity index is 1280. The third kappa shape index (κ3) is 8.34. The highest BCUT2D eigenvalue weighted by atomic mass is 35.5. The number of likely N-dealkylation sites (tertiary alicyclic amines) is 1. The molecule has 47 heavy (non-hydrogen) atoms. The van der Waals surface area contributed by atoms with E-state index >= 15 is 0 Å². The van der Waals surface area contributed by atoms with Crippen LogP contribution < -0.4 is 5.32 Å². The smallest absolute Gasteiger partial charge is 0.320 e. The minimum Gasteiger partial charge on any atom is -0.335 e. The average Bonchev–Trinajstić information content (AvgIpc) is 3.65. The average molecular weight is 662 g/mol. The molecule has 8 heteroatoms. The van der Waals surface area contributed by atoms with Gasteiger partial charge in [-0.25, -0.2) is 4.79 Å². The van der Waals surface area contributed by atoms with Gasteiger partial charge in [0.2, 0.25) is 5.91 Å². The summed E-state index contributed by atoms with van der Waals surface area (Å²) in [6, 6.07) is 19.6. The molecule has 2 aromatic carbocycles. The number of carbonyl (C=O) groups is 2. The number of piperidine rings is 1. The molecule has 4 fully saturated rings. The number of fused-ring (bicyclic) bond motifs is 2. The van der Waals surface area contributed by atoms with E-state index in [1.165, 1.54) is 24.8 Å². The van der Waals surface area contributed by atoms with E-state index in [0.717, 1.165) is 94.8 Å². The van der Waals surface area contributed by atoms with Crippen LogP contribution in [0.25, 0.3) is 0 Å². The van der Waals surface area contributed by atoms with Gasteiger partial charge in [-0.15, -0.1) is 0 Å². The Hall–Kier alpha value is -2.61. The second-order valence-electron chi connectivity index (χ2n) is 14.6. The van der Waals surface area contributed by atoms with Crippen LogP contribution in [-0.4, -0.2) is 94.5 Å². The van der Waals surface area contributed by atoms with Gasteiger partial charge in [0, 0.05) is 55.4 Å². The van der Waals surface area contributed by atoms with Crippen LogP contribution in [0.1, 0.15) is 89.2 Å². The third-order valence-corrected chi connectivity index (χ3v) is 11.8. The van der Waals surface area contributed by atoms with Crippen LogP contribution in [0.4, 0.5) is 4.79 Å². The predicted molar refractivity (Wildman–Crippen MR) is 190 cm³/mol. The fourth-order valence-corrected chi connectivity index (χ4v) is 9.14. The summed E-state index contributed by atoms with van der Waals surface area (Å²) in [5.41, 5.74) is 2.49. The van der Waals surface area contributed by atoms with Crippen LogP contribution >= 0.6 is 11.6 Å². The molecule has 2 bridgehead atoms.